The van der Waals surface area contributed by atoms with E-state index < -0.39 is 0 Å². The van der Waals surface area contributed by atoms with E-state index in [9.17, 15) is 0 Å². The highest BCUT2D eigenvalue weighted by Crippen LogP contribution is 2.46. The lowest BCUT2D eigenvalue weighted by molar-refractivity contribution is 0.669. The van der Waals surface area contributed by atoms with Crippen LogP contribution in [0.2, 0.25) is 0 Å². The summed E-state index contributed by atoms with van der Waals surface area (Å²) >= 11 is 0. The molecule has 11 rings (SSSR count). The number of fused-ring (bicyclic) bond motifs is 7. The average molecular weight is 714 g/mol. The summed E-state index contributed by atoms with van der Waals surface area (Å²) in [4.78, 5) is 2.42. The molecule has 0 atom stereocenters. The van der Waals surface area contributed by atoms with Crippen molar-refractivity contribution in [1.29, 1.82) is 0 Å². The topological polar surface area (TPSA) is 16.4 Å². The van der Waals surface area contributed by atoms with E-state index in [1.54, 1.807) is 0 Å². The minimum Gasteiger partial charge on any atom is -0.456 e. The van der Waals surface area contributed by atoms with Gasteiger partial charge in [0.1, 0.15) is 11.2 Å². The van der Waals surface area contributed by atoms with Crippen molar-refractivity contribution in [1.82, 2.24) is 0 Å². The number of rotatable bonds is 6. The second kappa shape index (κ2) is 13.2. The summed E-state index contributed by atoms with van der Waals surface area (Å²) < 4.78 is 6.27. The molecule has 11 aromatic rings. The standard InChI is InChI=1S/C54H35NO/c1-2-14-38-33-40(28-27-36(38)13-1)39-16-11-17-43(34-39)55(42-31-29-37(30-32-42)45-23-12-26-53-54(45)49-22-8-10-25-52(49)56-53)51-24-9-7-21-48(51)50-35-41-15-3-4-18-44(41)46-19-5-6-20-47(46)50/h1-35H. The molecule has 1 heterocycles. The SMILES string of the molecule is c1cc(-c2ccc3ccccc3c2)cc(N(c2ccc(-c3cccc4oc5ccccc5c34)cc2)c2ccccc2-c2cc3ccccc3c3ccccc23)c1. The first-order valence-electron chi connectivity index (χ1n) is 19.2. The molecule has 10 aromatic carbocycles. The normalized spacial score (nSPS) is 11.6. The third-order valence-corrected chi connectivity index (χ3v) is 11.2. The molecule has 0 aliphatic heterocycles. The zero-order valence-corrected chi connectivity index (χ0v) is 30.6. The van der Waals surface area contributed by atoms with E-state index in [1.165, 1.54) is 54.6 Å². The second-order valence-electron chi connectivity index (χ2n) is 14.5. The predicted octanol–water partition coefficient (Wildman–Crippen LogP) is 15.5. The molecule has 2 nitrogen and oxygen atoms in total. The molecular formula is C54H35NO. The van der Waals surface area contributed by atoms with Crippen LogP contribution in [0.15, 0.2) is 217 Å². The third-order valence-electron chi connectivity index (χ3n) is 11.2. The Labute approximate surface area is 325 Å². The summed E-state index contributed by atoms with van der Waals surface area (Å²) in [6.45, 7) is 0. The van der Waals surface area contributed by atoms with Gasteiger partial charge in [-0.3, -0.25) is 0 Å². The lowest BCUT2D eigenvalue weighted by Crippen LogP contribution is -2.11. The minimum absolute atomic E-state index is 0.899. The fraction of sp³-hybridized carbons (Fsp3) is 0. The first-order valence-corrected chi connectivity index (χ1v) is 19.2. The number of furan rings is 1. The summed E-state index contributed by atoms with van der Waals surface area (Å²) in [5.74, 6) is 0. The fourth-order valence-corrected chi connectivity index (χ4v) is 8.60. The number of hydrogen-bond acceptors (Lipinski definition) is 2. The minimum atomic E-state index is 0.899. The van der Waals surface area contributed by atoms with Crippen molar-refractivity contribution in [3.63, 3.8) is 0 Å². The molecule has 0 amide bonds. The maximum Gasteiger partial charge on any atom is 0.136 e. The zero-order chi connectivity index (χ0) is 37.0. The lowest BCUT2D eigenvalue weighted by atomic mass is 9.92. The van der Waals surface area contributed by atoms with Gasteiger partial charge in [0.25, 0.3) is 0 Å². The van der Waals surface area contributed by atoms with Gasteiger partial charge in [-0.25, -0.2) is 0 Å². The number of hydrogen-bond donors (Lipinski definition) is 0. The predicted molar refractivity (Wildman–Crippen MR) is 237 cm³/mol. The maximum absolute atomic E-state index is 6.27. The Morgan fingerprint density at radius 1 is 0.304 bits per heavy atom. The quantitative estimate of drug-likeness (QED) is 0.160. The van der Waals surface area contributed by atoms with Crippen LogP contribution in [-0.4, -0.2) is 0 Å². The lowest BCUT2D eigenvalue weighted by Gasteiger charge is -2.29. The van der Waals surface area contributed by atoms with Crippen molar-refractivity contribution in [2.45, 2.75) is 0 Å². The van der Waals surface area contributed by atoms with Crippen LogP contribution in [0.1, 0.15) is 0 Å². The Bertz CT molecular complexity index is 3260. The van der Waals surface area contributed by atoms with E-state index in [0.29, 0.717) is 0 Å². The van der Waals surface area contributed by atoms with Crippen molar-refractivity contribution in [2.75, 3.05) is 4.90 Å². The van der Waals surface area contributed by atoms with E-state index in [4.69, 9.17) is 4.42 Å². The van der Waals surface area contributed by atoms with Gasteiger partial charge in [-0.1, -0.05) is 158 Å². The summed E-state index contributed by atoms with van der Waals surface area (Å²) in [5, 5.41) is 9.73. The van der Waals surface area contributed by atoms with Gasteiger partial charge in [0, 0.05) is 27.7 Å². The van der Waals surface area contributed by atoms with Gasteiger partial charge in [0.2, 0.25) is 0 Å². The Balaban J connectivity index is 1.11. The maximum atomic E-state index is 6.27. The van der Waals surface area contributed by atoms with Crippen molar-refractivity contribution in [2.24, 2.45) is 0 Å². The van der Waals surface area contributed by atoms with E-state index >= 15 is 0 Å². The molecule has 0 saturated carbocycles. The van der Waals surface area contributed by atoms with Crippen molar-refractivity contribution >= 4 is 71.3 Å². The molecular weight excluding hydrogens is 679 g/mol. The molecule has 0 unspecified atom stereocenters. The van der Waals surface area contributed by atoms with Gasteiger partial charge >= 0.3 is 0 Å². The highest BCUT2D eigenvalue weighted by molar-refractivity contribution is 6.15. The highest BCUT2D eigenvalue weighted by Gasteiger charge is 2.20. The molecule has 56 heavy (non-hydrogen) atoms. The molecule has 0 bridgehead atoms. The molecule has 0 aliphatic rings. The summed E-state index contributed by atoms with van der Waals surface area (Å²) in [5.41, 5.74) is 12.1. The smallest absolute Gasteiger partial charge is 0.136 e. The van der Waals surface area contributed by atoms with Crippen LogP contribution < -0.4 is 4.90 Å². The van der Waals surface area contributed by atoms with Crippen LogP contribution >= 0.6 is 0 Å². The van der Waals surface area contributed by atoms with E-state index in [0.717, 1.165) is 50.1 Å². The first kappa shape index (κ1) is 32.0. The van der Waals surface area contributed by atoms with E-state index in [1.807, 2.05) is 12.1 Å². The fourth-order valence-electron chi connectivity index (χ4n) is 8.60. The van der Waals surface area contributed by atoms with Crippen LogP contribution in [0.3, 0.4) is 0 Å². The summed E-state index contributed by atoms with van der Waals surface area (Å²) in [7, 11) is 0. The second-order valence-corrected chi connectivity index (χ2v) is 14.5. The highest BCUT2D eigenvalue weighted by atomic mass is 16.3. The van der Waals surface area contributed by atoms with Crippen LogP contribution in [0.4, 0.5) is 17.1 Å². The number of benzene rings is 10. The first-order chi connectivity index (χ1) is 27.8. The molecule has 0 spiro atoms. The van der Waals surface area contributed by atoms with Crippen LogP contribution in [-0.2, 0) is 0 Å². The Hall–Kier alpha value is -7.42. The molecule has 0 N–H and O–H groups in total. The zero-order valence-electron chi connectivity index (χ0n) is 30.6. The van der Waals surface area contributed by atoms with Gasteiger partial charge in [-0.05, 0) is 115 Å². The molecule has 262 valence electrons. The van der Waals surface area contributed by atoms with Gasteiger partial charge in [-0.2, -0.15) is 0 Å². The molecule has 0 aliphatic carbocycles. The van der Waals surface area contributed by atoms with Crippen LogP contribution in [0, 0.1) is 0 Å². The summed E-state index contributed by atoms with van der Waals surface area (Å²) in [6.07, 6.45) is 0. The van der Waals surface area contributed by atoms with Gasteiger partial charge in [0.05, 0.1) is 5.69 Å². The van der Waals surface area contributed by atoms with Crippen LogP contribution in [0.25, 0.3) is 87.6 Å². The number of nitrogens with zero attached hydrogens (tertiary/aromatic N) is 1. The molecule has 0 fully saturated rings. The Kier molecular flexibility index (Phi) is 7.53. The van der Waals surface area contributed by atoms with Gasteiger partial charge in [-0.15, -0.1) is 0 Å². The van der Waals surface area contributed by atoms with E-state index in [2.05, 4.69) is 205 Å². The third kappa shape index (κ3) is 5.34. The van der Waals surface area contributed by atoms with Crippen molar-refractivity contribution in [3.8, 4) is 33.4 Å². The van der Waals surface area contributed by atoms with Crippen molar-refractivity contribution in [3.05, 3.63) is 212 Å². The number of anilines is 3. The van der Waals surface area contributed by atoms with Gasteiger partial charge < -0.3 is 9.32 Å². The molecule has 2 heteroatoms. The largest absolute Gasteiger partial charge is 0.456 e. The van der Waals surface area contributed by atoms with Crippen LogP contribution in [0.5, 0.6) is 0 Å². The molecule has 0 radical (unpaired) electrons. The summed E-state index contributed by atoms with van der Waals surface area (Å²) in [6, 6.07) is 76.6. The van der Waals surface area contributed by atoms with Crippen molar-refractivity contribution < 1.29 is 4.42 Å². The monoisotopic (exact) mass is 713 g/mol. The molecule has 1 aromatic heterocycles. The molecule has 0 saturated heterocycles. The van der Waals surface area contributed by atoms with E-state index in [-0.39, 0.29) is 0 Å². The number of para-hydroxylation sites is 2. The van der Waals surface area contributed by atoms with Gasteiger partial charge in [0.15, 0.2) is 0 Å². The Morgan fingerprint density at radius 3 is 1.80 bits per heavy atom. The average Bonchev–Trinajstić information content (AvgIpc) is 3.66. The Morgan fingerprint density at radius 2 is 0.929 bits per heavy atom.